The molecule has 0 spiro atoms. The molecule has 2 aromatic rings. The number of nitrogens with zero attached hydrogens (tertiary/aromatic N) is 3. The third-order valence-corrected chi connectivity index (χ3v) is 3.41. The molecular formula is C16H16IN3. The normalized spacial score (nSPS) is 11.3. The van der Waals surface area contributed by atoms with E-state index >= 15 is 0 Å². The van der Waals surface area contributed by atoms with Crippen LogP contribution >= 0.6 is 22.6 Å². The molecule has 0 aliphatic heterocycles. The first kappa shape index (κ1) is 14.7. The quantitative estimate of drug-likeness (QED) is 0.453. The highest BCUT2D eigenvalue weighted by molar-refractivity contribution is 14.1. The number of hydrogen-bond acceptors (Lipinski definition) is 3. The maximum absolute atomic E-state index is 4.07. The van der Waals surface area contributed by atoms with E-state index in [1.807, 2.05) is 44.4 Å². The third-order valence-electron chi connectivity index (χ3n) is 2.74. The second kappa shape index (κ2) is 7.19. The monoisotopic (exact) mass is 377 g/mol. The van der Waals surface area contributed by atoms with Crippen molar-refractivity contribution in [1.29, 1.82) is 0 Å². The van der Waals surface area contributed by atoms with Crippen LogP contribution in [0, 0.1) is 3.57 Å². The fourth-order valence-electron chi connectivity index (χ4n) is 1.65. The average Bonchev–Trinajstić information content (AvgIpc) is 2.44. The van der Waals surface area contributed by atoms with Gasteiger partial charge in [0.15, 0.2) is 0 Å². The molecule has 2 aromatic carbocycles. The smallest absolute Gasteiger partial charge is 0.0568 e. The van der Waals surface area contributed by atoms with Crippen molar-refractivity contribution in [3.8, 4) is 0 Å². The SMILES string of the molecule is CN(C)c1ccc(/C=N/N=C/c2cccc(I)c2)cc1. The fraction of sp³-hybridized carbons (Fsp3) is 0.125. The predicted molar refractivity (Wildman–Crippen MR) is 95.1 cm³/mol. The number of anilines is 1. The molecule has 0 unspecified atom stereocenters. The van der Waals surface area contributed by atoms with Gasteiger partial charge in [-0.15, -0.1) is 0 Å². The molecule has 0 aliphatic rings. The molecule has 0 heterocycles. The Labute approximate surface area is 133 Å². The molecule has 102 valence electrons. The molecule has 0 saturated carbocycles. The minimum atomic E-state index is 1.04. The van der Waals surface area contributed by atoms with Crippen LogP contribution < -0.4 is 4.90 Å². The van der Waals surface area contributed by atoms with Crippen molar-refractivity contribution >= 4 is 40.7 Å². The van der Waals surface area contributed by atoms with Gasteiger partial charge in [0.1, 0.15) is 0 Å². The van der Waals surface area contributed by atoms with Crippen LogP contribution in [-0.4, -0.2) is 26.5 Å². The Kier molecular flexibility index (Phi) is 5.29. The van der Waals surface area contributed by atoms with Crippen molar-refractivity contribution in [3.63, 3.8) is 0 Å². The van der Waals surface area contributed by atoms with E-state index in [0.717, 1.165) is 11.1 Å². The lowest BCUT2D eigenvalue weighted by Crippen LogP contribution is -2.08. The first-order chi connectivity index (χ1) is 9.65. The van der Waals surface area contributed by atoms with Gasteiger partial charge in [-0.3, -0.25) is 0 Å². The second-order valence-corrected chi connectivity index (χ2v) is 5.78. The molecule has 2 rings (SSSR count). The summed E-state index contributed by atoms with van der Waals surface area (Å²) in [6.07, 6.45) is 3.51. The first-order valence-electron chi connectivity index (χ1n) is 6.24. The minimum Gasteiger partial charge on any atom is -0.378 e. The van der Waals surface area contributed by atoms with Gasteiger partial charge in [-0.1, -0.05) is 24.3 Å². The van der Waals surface area contributed by atoms with E-state index in [9.17, 15) is 0 Å². The summed E-state index contributed by atoms with van der Waals surface area (Å²) < 4.78 is 1.19. The fourth-order valence-corrected chi connectivity index (χ4v) is 2.21. The molecule has 0 N–H and O–H groups in total. The van der Waals surface area contributed by atoms with E-state index in [4.69, 9.17) is 0 Å². The van der Waals surface area contributed by atoms with Crippen LogP contribution in [0.1, 0.15) is 11.1 Å². The molecule has 3 nitrogen and oxygen atoms in total. The van der Waals surface area contributed by atoms with Gasteiger partial charge < -0.3 is 4.90 Å². The molecule has 0 aliphatic carbocycles. The summed E-state index contributed by atoms with van der Waals surface area (Å²) in [6.45, 7) is 0. The maximum Gasteiger partial charge on any atom is 0.0568 e. The number of benzene rings is 2. The van der Waals surface area contributed by atoms with Crippen molar-refractivity contribution in [2.75, 3.05) is 19.0 Å². The summed E-state index contributed by atoms with van der Waals surface area (Å²) in [5.41, 5.74) is 3.26. The highest BCUT2D eigenvalue weighted by Crippen LogP contribution is 2.11. The number of rotatable bonds is 4. The van der Waals surface area contributed by atoms with Crippen molar-refractivity contribution < 1.29 is 0 Å². The lowest BCUT2D eigenvalue weighted by molar-refractivity contribution is 1.13. The maximum atomic E-state index is 4.07. The van der Waals surface area contributed by atoms with Crippen LogP contribution in [0.4, 0.5) is 5.69 Å². The van der Waals surface area contributed by atoms with Crippen LogP contribution in [-0.2, 0) is 0 Å². The Morgan fingerprint density at radius 1 is 0.900 bits per heavy atom. The van der Waals surface area contributed by atoms with E-state index < -0.39 is 0 Å². The minimum absolute atomic E-state index is 1.04. The third kappa shape index (κ3) is 4.45. The zero-order valence-electron chi connectivity index (χ0n) is 11.5. The molecular weight excluding hydrogens is 361 g/mol. The highest BCUT2D eigenvalue weighted by atomic mass is 127. The van der Waals surface area contributed by atoms with E-state index in [-0.39, 0.29) is 0 Å². The van der Waals surface area contributed by atoms with Crippen molar-refractivity contribution in [1.82, 2.24) is 0 Å². The van der Waals surface area contributed by atoms with Gasteiger partial charge in [0, 0.05) is 23.4 Å². The van der Waals surface area contributed by atoms with Gasteiger partial charge in [-0.05, 0) is 58.0 Å². The molecule has 20 heavy (non-hydrogen) atoms. The van der Waals surface area contributed by atoms with Gasteiger partial charge >= 0.3 is 0 Å². The van der Waals surface area contributed by atoms with Crippen molar-refractivity contribution in [2.45, 2.75) is 0 Å². The Balaban J connectivity index is 1.99. The van der Waals surface area contributed by atoms with Crippen molar-refractivity contribution in [2.24, 2.45) is 10.2 Å². The van der Waals surface area contributed by atoms with E-state index in [1.165, 1.54) is 9.26 Å². The van der Waals surface area contributed by atoms with Gasteiger partial charge in [-0.25, -0.2) is 0 Å². The number of hydrogen-bond donors (Lipinski definition) is 0. The van der Waals surface area contributed by atoms with E-state index in [2.05, 4.69) is 55.9 Å². The molecule has 0 amide bonds. The lowest BCUT2D eigenvalue weighted by atomic mass is 10.2. The molecule has 0 saturated heterocycles. The Hall–Kier alpha value is -1.69. The van der Waals surface area contributed by atoms with Crippen LogP contribution in [0.5, 0.6) is 0 Å². The van der Waals surface area contributed by atoms with Gasteiger partial charge in [0.25, 0.3) is 0 Å². The largest absolute Gasteiger partial charge is 0.378 e. The second-order valence-electron chi connectivity index (χ2n) is 4.53. The number of halogens is 1. The standard InChI is InChI=1S/C16H16IN3/c1-20(2)16-8-6-13(7-9-16)11-18-19-12-14-4-3-5-15(17)10-14/h3-12H,1-2H3/b18-11+,19-12+. The first-order valence-corrected chi connectivity index (χ1v) is 7.32. The van der Waals surface area contributed by atoms with Crippen molar-refractivity contribution in [3.05, 3.63) is 63.2 Å². The lowest BCUT2D eigenvalue weighted by Gasteiger charge is -2.11. The van der Waals surface area contributed by atoms with Crippen LogP contribution in [0.3, 0.4) is 0 Å². The summed E-state index contributed by atoms with van der Waals surface area (Å²) in [4.78, 5) is 2.07. The molecule has 0 fully saturated rings. The molecule has 0 aromatic heterocycles. The van der Waals surface area contributed by atoms with Gasteiger partial charge in [0.2, 0.25) is 0 Å². The summed E-state index contributed by atoms with van der Waals surface area (Å²) in [7, 11) is 4.04. The average molecular weight is 377 g/mol. The summed E-state index contributed by atoms with van der Waals surface area (Å²) >= 11 is 2.28. The Bertz CT molecular complexity index is 616. The molecule has 0 bridgehead atoms. The van der Waals surface area contributed by atoms with Gasteiger partial charge in [-0.2, -0.15) is 10.2 Å². The summed E-state index contributed by atoms with van der Waals surface area (Å²) in [5, 5.41) is 8.14. The molecule has 4 heteroatoms. The zero-order chi connectivity index (χ0) is 14.4. The zero-order valence-corrected chi connectivity index (χ0v) is 13.7. The highest BCUT2D eigenvalue weighted by Gasteiger charge is 1.93. The Morgan fingerprint density at radius 3 is 2.15 bits per heavy atom. The topological polar surface area (TPSA) is 28.0 Å². The van der Waals surface area contributed by atoms with Crippen LogP contribution in [0.25, 0.3) is 0 Å². The van der Waals surface area contributed by atoms with E-state index in [1.54, 1.807) is 12.4 Å². The van der Waals surface area contributed by atoms with Crippen LogP contribution in [0.15, 0.2) is 58.7 Å². The molecule has 0 radical (unpaired) electrons. The predicted octanol–water partition coefficient (Wildman–Crippen LogP) is 3.81. The Morgan fingerprint density at radius 2 is 1.55 bits per heavy atom. The van der Waals surface area contributed by atoms with Gasteiger partial charge in [0.05, 0.1) is 12.4 Å². The van der Waals surface area contributed by atoms with Crippen LogP contribution in [0.2, 0.25) is 0 Å². The summed E-state index contributed by atoms with van der Waals surface area (Å²) in [5.74, 6) is 0. The van der Waals surface area contributed by atoms with E-state index in [0.29, 0.717) is 0 Å². The summed E-state index contributed by atoms with van der Waals surface area (Å²) in [6, 6.07) is 16.3. The molecule has 0 atom stereocenters.